The van der Waals surface area contributed by atoms with Crippen LogP contribution < -0.4 is 10.6 Å². The third kappa shape index (κ3) is 4.77. The van der Waals surface area contributed by atoms with Gasteiger partial charge in [0.05, 0.1) is 17.9 Å². The number of aryl methyl sites for hydroxylation is 1. The van der Waals surface area contributed by atoms with Gasteiger partial charge in [-0.1, -0.05) is 18.2 Å². The lowest BCUT2D eigenvalue weighted by Crippen LogP contribution is -2.38. The highest BCUT2D eigenvalue weighted by Gasteiger charge is 2.12. The fourth-order valence-electron chi connectivity index (χ4n) is 2.50. The largest absolute Gasteiger partial charge is 0.357 e. The van der Waals surface area contributed by atoms with Gasteiger partial charge in [-0.05, 0) is 39.2 Å². The van der Waals surface area contributed by atoms with Crippen LogP contribution in [0, 0.1) is 13.8 Å². The van der Waals surface area contributed by atoms with E-state index in [1.54, 1.807) is 0 Å². The van der Waals surface area contributed by atoms with E-state index in [1.807, 2.05) is 41.6 Å². The molecule has 6 heteroatoms. The van der Waals surface area contributed by atoms with Crippen LogP contribution in [0.3, 0.4) is 0 Å². The van der Waals surface area contributed by atoms with E-state index in [2.05, 4.69) is 48.0 Å². The minimum Gasteiger partial charge on any atom is -0.357 e. The molecule has 0 spiro atoms. The molecule has 1 heterocycles. The highest BCUT2D eigenvalue weighted by atomic mass is 32.2. The fourth-order valence-corrected chi connectivity index (χ4v) is 2.80. The zero-order valence-corrected chi connectivity index (χ0v) is 15.8. The maximum atomic E-state index is 4.72. The Bertz CT molecular complexity index is 664. The van der Waals surface area contributed by atoms with Gasteiger partial charge in [0.2, 0.25) is 0 Å². The molecule has 0 saturated heterocycles. The Kier molecular flexibility index (Phi) is 7.18. The van der Waals surface area contributed by atoms with Crippen molar-refractivity contribution in [2.24, 2.45) is 4.99 Å². The molecule has 0 atom stereocenters. The van der Waals surface area contributed by atoms with E-state index in [9.17, 15) is 0 Å². The fraction of sp³-hybridized carbons (Fsp3) is 0.444. The Morgan fingerprint density at radius 1 is 1.21 bits per heavy atom. The Labute approximate surface area is 148 Å². The van der Waals surface area contributed by atoms with Crippen LogP contribution in [-0.4, -0.2) is 40.8 Å². The summed E-state index contributed by atoms with van der Waals surface area (Å²) in [4.78, 5) is 4.72. The Morgan fingerprint density at radius 3 is 2.62 bits per heavy atom. The number of nitrogens with zero attached hydrogens (tertiary/aromatic N) is 3. The number of para-hydroxylation sites is 1. The highest BCUT2D eigenvalue weighted by molar-refractivity contribution is 7.98. The summed E-state index contributed by atoms with van der Waals surface area (Å²) in [6.45, 7) is 8.62. The van der Waals surface area contributed by atoms with Crippen LogP contribution in [0.2, 0.25) is 0 Å². The van der Waals surface area contributed by atoms with Gasteiger partial charge in [-0.15, -0.1) is 0 Å². The summed E-state index contributed by atoms with van der Waals surface area (Å²) in [6.07, 6.45) is 2.11. The van der Waals surface area contributed by atoms with Crippen molar-refractivity contribution in [2.75, 3.05) is 25.1 Å². The van der Waals surface area contributed by atoms with Crippen LogP contribution in [0.15, 0.2) is 35.3 Å². The lowest BCUT2D eigenvalue weighted by Gasteiger charge is -2.10. The Morgan fingerprint density at radius 2 is 1.96 bits per heavy atom. The van der Waals surface area contributed by atoms with Crippen molar-refractivity contribution in [1.82, 2.24) is 20.4 Å². The van der Waals surface area contributed by atoms with E-state index < -0.39 is 0 Å². The van der Waals surface area contributed by atoms with E-state index in [4.69, 9.17) is 4.99 Å². The zero-order valence-electron chi connectivity index (χ0n) is 15.0. The Balaban J connectivity index is 2.16. The maximum absolute atomic E-state index is 4.72. The molecule has 0 amide bonds. The number of rotatable bonds is 7. The maximum Gasteiger partial charge on any atom is 0.191 e. The van der Waals surface area contributed by atoms with E-state index in [1.165, 1.54) is 5.56 Å². The molecule has 0 aliphatic carbocycles. The van der Waals surface area contributed by atoms with E-state index in [0.717, 1.165) is 41.9 Å². The predicted octanol–water partition coefficient (Wildman–Crippen LogP) is 2.91. The average molecular weight is 346 g/mol. The second-order valence-corrected chi connectivity index (χ2v) is 6.50. The third-order valence-corrected chi connectivity index (χ3v) is 4.39. The molecule has 24 heavy (non-hydrogen) atoms. The van der Waals surface area contributed by atoms with Gasteiger partial charge in [-0.2, -0.15) is 16.9 Å². The lowest BCUT2D eigenvalue weighted by molar-refractivity contribution is 0.829. The molecule has 0 unspecified atom stereocenters. The molecule has 2 N–H and O–H groups in total. The molecule has 0 aliphatic heterocycles. The van der Waals surface area contributed by atoms with Gasteiger partial charge in [0.1, 0.15) is 0 Å². The Hall–Kier alpha value is -1.95. The molecule has 2 aromatic rings. The van der Waals surface area contributed by atoms with Crippen molar-refractivity contribution in [3.8, 4) is 5.69 Å². The summed E-state index contributed by atoms with van der Waals surface area (Å²) in [5.74, 6) is 1.92. The van der Waals surface area contributed by atoms with Gasteiger partial charge in [-0.3, -0.25) is 0 Å². The zero-order chi connectivity index (χ0) is 17.4. The summed E-state index contributed by atoms with van der Waals surface area (Å²) < 4.78 is 1.99. The van der Waals surface area contributed by atoms with Gasteiger partial charge in [0.15, 0.2) is 5.96 Å². The summed E-state index contributed by atoms with van der Waals surface area (Å²) in [5.41, 5.74) is 4.43. The van der Waals surface area contributed by atoms with Gasteiger partial charge < -0.3 is 10.6 Å². The quantitative estimate of drug-likeness (QED) is 0.460. The number of benzene rings is 1. The molecular formula is C18H27N5S. The highest BCUT2D eigenvalue weighted by Crippen LogP contribution is 2.18. The molecule has 0 saturated carbocycles. The van der Waals surface area contributed by atoms with E-state index in [0.29, 0.717) is 6.54 Å². The van der Waals surface area contributed by atoms with Crippen LogP contribution in [-0.2, 0) is 6.54 Å². The van der Waals surface area contributed by atoms with Crippen LogP contribution in [0.4, 0.5) is 0 Å². The SMILES string of the molecule is CCNC(=NCc1c(C)nn(-c2ccccc2)c1C)NCCSC. The van der Waals surface area contributed by atoms with Crippen LogP contribution >= 0.6 is 11.8 Å². The van der Waals surface area contributed by atoms with Gasteiger partial charge in [-0.25, -0.2) is 9.67 Å². The predicted molar refractivity (Wildman–Crippen MR) is 104 cm³/mol. The van der Waals surface area contributed by atoms with Crippen molar-refractivity contribution in [1.29, 1.82) is 0 Å². The summed E-state index contributed by atoms with van der Waals surface area (Å²) in [5, 5.41) is 11.3. The van der Waals surface area contributed by atoms with Gasteiger partial charge in [0, 0.05) is 30.1 Å². The van der Waals surface area contributed by atoms with E-state index >= 15 is 0 Å². The molecule has 0 aliphatic rings. The third-order valence-electron chi connectivity index (χ3n) is 3.78. The molecular weight excluding hydrogens is 318 g/mol. The number of guanidine groups is 1. The first-order chi connectivity index (χ1) is 11.7. The molecule has 0 bridgehead atoms. The standard InChI is InChI=1S/C18H27N5S/c1-5-19-18(20-11-12-24-4)21-13-17-14(2)22-23(15(17)3)16-9-7-6-8-10-16/h6-10H,5,11-13H2,1-4H3,(H2,19,20,21). The van der Waals surface area contributed by atoms with Crippen LogP contribution in [0.25, 0.3) is 5.69 Å². The summed E-state index contributed by atoms with van der Waals surface area (Å²) in [6, 6.07) is 10.2. The van der Waals surface area contributed by atoms with Crippen molar-refractivity contribution >= 4 is 17.7 Å². The van der Waals surface area contributed by atoms with Gasteiger partial charge in [0.25, 0.3) is 0 Å². The number of hydrogen-bond donors (Lipinski definition) is 2. The van der Waals surface area contributed by atoms with Crippen molar-refractivity contribution in [2.45, 2.75) is 27.3 Å². The number of nitrogens with one attached hydrogen (secondary N) is 2. The molecule has 1 aromatic carbocycles. The van der Waals surface area contributed by atoms with Crippen LogP contribution in [0.5, 0.6) is 0 Å². The van der Waals surface area contributed by atoms with E-state index in [-0.39, 0.29) is 0 Å². The molecule has 0 radical (unpaired) electrons. The minimum atomic E-state index is 0.624. The van der Waals surface area contributed by atoms with Crippen molar-refractivity contribution in [3.05, 3.63) is 47.3 Å². The molecule has 1 aromatic heterocycles. The van der Waals surface area contributed by atoms with Crippen molar-refractivity contribution in [3.63, 3.8) is 0 Å². The number of aromatic nitrogens is 2. The molecule has 130 valence electrons. The first-order valence-electron chi connectivity index (χ1n) is 8.29. The first-order valence-corrected chi connectivity index (χ1v) is 9.68. The second-order valence-electron chi connectivity index (χ2n) is 5.51. The van der Waals surface area contributed by atoms with Crippen LogP contribution in [0.1, 0.15) is 23.9 Å². The number of hydrogen-bond acceptors (Lipinski definition) is 3. The molecule has 5 nitrogen and oxygen atoms in total. The minimum absolute atomic E-state index is 0.624. The monoisotopic (exact) mass is 345 g/mol. The number of thioether (sulfide) groups is 1. The number of aliphatic imine (C=N–C) groups is 1. The average Bonchev–Trinajstić information content (AvgIpc) is 2.88. The summed E-state index contributed by atoms with van der Waals surface area (Å²) in [7, 11) is 0. The summed E-state index contributed by atoms with van der Waals surface area (Å²) >= 11 is 1.82. The lowest BCUT2D eigenvalue weighted by atomic mass is 10.2. The van der Waals surface area contributed by atoms with Gasteiger partial charge >= 0.3 is 0 Å². The van der Waals surface area contributed by atoms with Crippen molar-refractivity contribution < 1.29 is 0 Å². The second kappa shape index (κ2) is 9.37. The normalized spacial score (nSPS) is 11.6. The first kappa shape index (κ1) is 18.4. The topological polar surface area (TPSA) is 54.2 Å². The molecule has 2 rings (SSSR count). The smallest absolute Gasteiger partial charge is 0.191 e. The molecule has 0 fully saturated rings.